The fourth-order valence-corrected chi connectivity index (χ4v) is 2.88. The number of nitrogens with zero attached hydrogens (tertiary/aromatic N) is 1. The number of hydrogen-bond donors (Lipinski definition) is 2. The minimum Gasteiger partial charge on any atom is -0.378 e. The van der Waals surface area contributed by atoms with Crippen molar-refractivity contribution in [2.45, 2.75) is 6.42 Å². The maximum Gasteiger partial charge on any atom is 0.243 e. The van der Waals surface area contributed by atoms with Crippen LogP contribution < -0.4 is 15.5 Å². The van der Waals surface area contributed by atoms with Gasteiger partial charge in [0.1, 0.15) is 5.82 Å². The van der Waals surface area contributed by atoms with Gasteiger partial charge in [-0.25, -0.2) is 4.39 Å². The SMILES string of the molecule is O=C(Cc1ccc(F)cc1)NCC(=O)Nc1ccccc1N1CCOCC1. The van der Waals surface area contributed by atoms with Crippen molar-refractivity contribution < 1.29 is 18.7 Å². The number of nitrogens with one attached hydrogen (secondary N) is 2. The zero-order valence-electron chi connectivity index (χ0n) is 14.9. The highest BCUT2D eigenvalue weighted by molar-refractivity contribution is 5.97. The van der Waals surface area contributed by atoms with Crippen LogP contribution in [0.4, 0.5) is 15.8 Å². The van der Waals surface area contributed by atoms with Crippen molar-refractivity contribution >= 4 is 23.2 Å². The van der Waals surface area contributed by atoms with Gasteiger partial charge in [0.15, 0.2) is 0 Å². The van der Waals surface area contributed by atoms with Gasteiger partial charge in [-0.2, -0.15) is 0 Å². The maximum atomic E-state index is 12.9. The van der Waals surface area contributed by atoms with Crippen LogP contribution >= 0.6 is 0 Å². The molecular weight excluding hydrogens is 349 g/mol. The molecule has 27 heavy (non-hydrogen) atoms. The molecule has 7 heteroatoms. The molecule has 0 bridgehead atoms. The fourth-order valence-electron chi connectivity index (χ4n) is 2.88. The molecular formula is C20H22FN3O3. The summed E-state index contributed by atoms with van der Waals surface area (Å²) >= 11 is 0. The van der Waals surface area contributed by atoms with Crippen molar-refractivity contribution in [3.63, 3.8) is 0 Å². The van der Waals surface area contributed by atoms with Crippen LogP contribution in [0.2, 0.25) is 0 Å². The van der Waals surface area contributed by atoms with E-state index in [1.807, 2.05) is 24.3 Å². The predicted octanol–water partition coefficient (Wildman–Crippen LogP) is 1.96. The number of anilines is 2. The van der Waals surface area contributed by atoms with Gasteiger partial charge in [-0.05, 0) is 29.8 Å². The lowest BCUT2D eigenvalue weighted by atomic mass is 10.1. The second-order valence-electron chi connectivity index (χ2n) is 6.24. The molecule has 0 saturated carbocycles. The number of rotatable bonds is 6. The molecule has 0 aliphatic carbocycles. The Hall–Kier alpha value is -2.93. The molecule has 1 fully saturated rings. The second-order valence-corrected chi connectivity index (χ2v) is 6.24. The van der Waals surface area contributed by atoms with Crippen LogP contribution in [0.25, 0.3) is 0 Å². The Morgan fingerprint density at radius 3 is 2.44 bits per heavy atom. The van der Waals surface area contributed by atoms with E-state index in [9.17, 15) is 14.0 Å². The van der Waals surface area contributed by atoms with Gasteiger partial charge >= 0.3 is 0 Å². The number of hydrogen-bond acceptors (Lipinski definition) is 4. The molecule has 2 N–H and O–H groups in total. The first-order chi connectivity index (χ1) is 13.1. The van der Waals surface area contributed by atoms with Gasteiger partial charge in [-0.1, -0.05) is 24.3 Å². The van der Waals surface area contributed by atoms with Crippen LogP contribution in [-0.2, 0) is 20.7 Å². The minimum atomic E-state index is -0.350. The number of ether oxygens (including phenoxy) is 1. The first-order valence-electron chi connectivity index (χ1n) is 8.84. The Balaban J connectivity index is 1.52. The van der Waals surface area contributed by atoms with E-state index >= 15 is 0 Å². The van der Waals surface area contributed by atoms with Crippen LogP contribution in [-0.4, -0.2) is 44.7 Å². The second kappa shape index (κ2) is 9.14. The lowest BCUT2D eigenvalue weighted by molar-refractivity contribution is -0.123. The lowest BCUT2D eigenvalue weighted by Gasteiger charge is -2.30. The van der Waals surface area contributed by atoms with Crippen LogP contribution in [0.1, 0.15) is 5.56 Å². The van der Waals surface area contributed by atoms with Crippen LogP contribution in [0.5, 0.6) is 0 Å². The molecule has 2 aromatic rings. The van der Waals surface area contributed by atoms with Crippen molar-refractivity contribution in [1.29, 1.82) is 0 Å². The topological polar surface area (TPSA) is 70.7 Å². The first kappa shape index (κ1) is 18.8. The molecule has 1 saturated heterocycles. The van der Waals surface area contributed by atoms with E-state index in [1.165, 1.54) is 12.1 Å². The molecule has 2 aromatic carbocycles. The Morgan fingerprint density at radius 1 is 1.00 bits per heavy atom. The zero-order valence-corrected chi connectivity index (χ0v) is 14.9. The molecule has 0 radical (unpaired) electrons. The summed E-state index contributed by atoms with van der Waals surface area (Å²) in [6, 6.07) is 13.3. The summed E-state index contributed by atoms with van der Waals surface area (Å²) in [7, 11) is 0. The molecule has 1 heterocycles. The van der Waals surface area contributed by atoms with E-state index in [0.717, 1.165) is 18.8 Å². The van der Waals surface area contributed by atoms with E-state index in [1.54, 1.807) is 12.1 Å². The van der Waals surface area contributed by atoms with Gasteiger partial charge in [0.05, 0.1) is 37.6 Å². The monoisotopic (exact) mass is 371 g/mol. The Labute approximate surface area is 157 Å². The third-order valence-corrected chi connectivity index (χ3v) is 4.25. The molecule has 1 aliphatic heterocycles. The molecule has 142 valence electrons. The van der Waals surface area contributed by atoms with Gasteiger partial charge in [0, 0.05) is 13.1 Å². The zero-order chi connectivity index (χ0) is 19.1. The molecule has 1 aliphatic rings. The molecule has 3 rings (SSSR count). The highest BCUT2D eigenvalue weighted by Crippen LogP contribution is 2.26. The fraction of sp³-hybridized carbons (Fsp3) is 0.300. The van der Waals surface area contributed by atoms with E-state index in [4.69, 9.17) is 4.74 Å². The Morgan fingerprint density at radius 2 is 1.70 bits per heavy atom. The van der Waals surface area contributed by atoms with Crippen molar-refractivity contribution in [3.05, 3.63) is 59.9 Å². The Bertz CT molecular complexity index is 789. The van der Waals surface area contributed by atoms with Crippen LogP contribution in [0.3, 0.4) is 0 Å². The number of para-hydroxylation sites is 2. The normalized spacial score (nSPS) is 13.9. The van der Waals surface area contributed by atoms with Crippen LogP contribution in [0, 0.1) is 5.82 Å². The molecule has 0 atom stereocenters. The average molecular weight is 371 g/mol. The lowest BCUT2D eigenvalue weighted by Crippen LogP contribution is -2.37. The van der Waals surface area contributed by atoms with E-state index in [0.29, 0.717) is 24.5 Å². The molecule has 6 nitrogen and oxygen atoms in total. The van der Waals surface area contributed by atoms with E-state index in [2.05, 4.69) is 15.5 Å². The quantitative estimate of drug-likeness (QED) is 0.814. The molecule has 0 aromatic heterocycles. The summed E-state index contributed by atoms with van der Waals surface area (Å²) in [5, 5.41) is 5.44. The standard InChI is InChI=1S/C20H22FN3O3/c21-16-7-5-15(6-8-16)13-19(25)22-14-20(26)23-17-3-1-2-4-18(17)24-9-11-27-12-10-24/h1-8H,9-14H2,(H,22,25)(H,23,26). The van der Waals surface area contributed by atoms with Crippen LogP contribution in [0.15, 0.2) is 48.5 Å². The number of halogens is 1. The number of benzene rings is 2. The minimum absolute atomic E-state index is 0.0952. The summed E-state index contributed by atoms with van der Waals surface area (Å²) in [4.78, 5) is 26.4. The highest BCUT2D eigenvalue weighted by atomic mass is 19.1. The largest absolute Gasteiger partial charge is 0.378 e. The van der Waals surface area contributed by atoms with Crippen molar-refractivity contribution in [2.75, 3.05) is 43.1 Å². The summed E-state index contributed by atoms with van der Waals surface area (Å²) in [5.74, 6) is -0.946. The summed E-state index contributed by atoms with van der Waals surface area (Å²) in [6.45, 7) is 2.71. The molecule has 0 spiro atoms. The number of carbonyl (C=O) groups excluding carboxylic acids is 2. The highest BCUT2D eigenvalue weighted by Gasteiger charge is 2.16. The molecule has 0 unspecified atom stereocenters. The summed E-state index contributed by atoms with van der Waals surface area (Å²) in [6.07, 6.45) is 0.0952. The predicted molar refractivity (Wildman–Crippen MR) is 101 cm³/mol. The first-order valence-corrected chi connectivity index (χ1v) is 8.84. The number of morpholine rings is 1. The third kappa shape index (κ3) is 5.52. The Kier molecular flexibility index (Phi) is 6.38. The van der Waals surface area contributed by atoms with Crippen molar-refractivity contribution in [1.82, 2.24) is 5.32 Å². The maximum absolute atomic E-state index is 12.9. The van der Waals surface area contributed by atoms with E-state index in [-0.39, 0.29) is 30.6 Å². The van der Waals surface area contributed by atoms with Gasteiger partial charge in [-0.3, -0.25) is 9.59 Å². The van der Waals surface area contributed by atoms with E-state index < -0.39 is 0 Å². The van der Waals surface area contributed by atoms with Gasteiger partial charge < -0.3 is 20.3 Å². The van der Waals surface area contributed by atoms with Gasteiger partial charge in [-0.15, -0.1) is 0 Å². The molecule has 2 amide bonds. The van der Waals surface area contributed by atoms with Gasteiger partial charge in [0.2, 0.25) is 11.8 Å². The smallest absolute Gasteiger partial charge is 0.243 e. The average Bonchev–Trinajstić information content (AvgIpc) is 2.69. The number of carbonyl (C=O) groups is 2. The number of amides is 2. The van der Waals surface area contributed by atoms with Crippen molar-refractivity contribution in [2.24, 2.45) is 0 Å². The summed E-state index contributed by atoms with van der Waals surface area (Å²) in [5.41, 5.74) is 2.33. The van der Waals surface area contributed by atoms with Crippen molar-refractivity contribution in [3.8, 4) is 0 Å². The third-order valence-electron chi connectivity index (χ3n) is 4.25. The van der Waals surface area contributed by atoms with Gasteiger partial charge in [0.25, 0.3) is 0 Å². The summed E-state index contributed by atoms with van der Waals surface area (Å²) < 4.78 is 18.3.